The molecule has 3 rings (SSSR count). The van der Waals surface area contributed by atoms with Crippen LogP contribution in [0.1, 0.15) is 42.1 Å². The minimum Gasteiger partial charge on any atom is -0.508 e. The highest BCUT2D eigenvalue weighted by molar-refractivity contribution is 6.30. The maximum Gasteiger partial charge on any atom is 0.115 e. The van der Waals surface area contributed by atoms with Gasteiger partial charge in [0.25, 0.3) is 0 Å². The Kier molecular flexibility index (Phi) is 3.68. The Morgan fingerprint density at radius 3 is 2.90 bits per heavy atom. The van der Waals surface area contributed by atoms with Gasteiger partial charge in [-0.2, -0.15) is 0 Å². The van der Waals surface area contributed by atoms with Crippen LogP contribution >= 0.6 is 11.6 Å². The lowest BCUT2D eigenvalue weighted by molar-refractivity contribution is 0.455. The summed E-state index contributed by atoms with van der Waals surface area (Å²) in [6.07, 6.45) is 2.17. The normalized spacial score (nSPS) is 18.8. The first kappa shape index (κ1) is 13.5. The van der Waals surface area contributed by atoms with E-state index in [4.69, 9.17) is 11.6 Å². The Morgan fingerprint density at radius 2 is 2.10 bits per heavy atom. The monoisotopic (exact) mass is 287 g/mol. The van der Waals surface area contributed by atoms with Crippen LogP contribution in [0.5, 0.6) is 5.75 Å². The summed E-state index contributed by atoms with van der Waals surface area (Å²) in [6.45, 7) is 2.13. The quantitative estimate of drug-likeness (QED) is 0.878. The predicted molar refractivity (Wildman–Crippen MR) is 82.2 cm³/mol. The number of aromatic hydroxyl groups is 1. The molecule has 2 N–H and O–H groups in total. The van der Waals surface area contributed by atoms with E-state index < -0.39 is 0 Å². The summed E-state index contributed by atoms with van der Waals surface area (Å²) in [7, 11) is 0. The van der Waals surface area contributed by atoms with Crippen LogP contribution in [-0.2, 0) is 6.42 Å². The fraction of sp³-hybridized carbons (Fsp3) is 0.294. The van der Waals surface area contributed by atoms with Crippen molar-refractivity contribution < 1.29 is 5.11 Å². The van der Waals surface area contributed by atoms with E-state index in [1.54, 1.807) is 6.07 Å². The van der Waals surface area contributed by atoms with Gasteiger partial charge >= 0.3 is 0 Å². The average Bonchev–Trinajstić information content (AvgIpc) is 2.81. The number of aryl methyl sites for hydroxylation is 1. The molecule has 2 aromatic carbocycles. The number of phenols is 1. The molecule has 104 valence electrons. The van der Waals surface area contributed by atoms with Gasteiger partial charge in [0, 0.05) is 17.1 Å². The molecule has 2 aromatic rings. The zero-order chi connectivity index (χ0) is 14.1. The first-order valence-electron chi connectivity index (χ1n) is 6.97. The molecule has 0 bridgehead atoms. The SMILES string of the molecule is CC(NC1CCc2cc(Cl)ccc21)c1cccc(O)c1. The topological polar surface area (TPSA) is 32.3 Å². The van der Waals surface area contributed by atoms with Gasteiger partial charge in [-0.15, -0.1) is 0 Å². The molecule has 2 unspecified atom stereocenters. The van der Waals surface area contributed by atoms with E-state index in [0.29, 0.717) is 11.8 Å². The maximum atomic E-state index is 9.57. The second-order valence-electron chi connectivity index (χ2n) is 5.42. The molecular weight excluding hydrogens is 270 g/mol. The lowest BCUT2D eigenvalue weighted by atomic mass is 10.0. The third-order valence-electron chi connectivity index (χ3n) is 4.00. The molecule has 0 saturated heterocycles. The van der Waals surface area contributed by atoms with Crippen LogP contribution in [0, 0.1) is 0 Å². The van der Waals surface area contributed by atoms with E-state index in [2.05, 4.69) is 24.4 Å². The molecule has 0 aliphatic heterocycles. The lowest BCUT2D eigenvalue weighted by Gasteiger charge is -2.21. The van der Waals surface area contributed by atoms with Crippen molar-refractivity contribution in [1.82, 2.24) is 5.32 Å². The average molecular weight is 288 g/mol. The Hall–Kier alpha value is -1.51. The molecule has 1 aliphatic carbocycles. The van der Waals surface area contributed by atoms with Crippen LogP contribution in [0.2, 0.25) is 5.02 Å². The third kappa shape index (κ3) is 2.67. The molecule has 0 heterocycles. The Labute approximate surface area is 124 Å². The molecule has 2 nitrogen and oxygen atoms in total. The Bertz CT molecular complexity index is 626. The molecule has 20 heavy (non-hydrogen) atoms. The van der Waals surface area contributed by atoms with Crippen LogP contribution in [0.4, 0.5) is 0 Å². The number of nitrogens with one attached hydrogen (secondary N) is 1. The Morgan fingerprint density at radius 1 is 1.25 bits per heavy atom. The van der Waals surface area contributed by atoms with Gasteiger partial charge in [0.05, 0.1) is 0 Å². The van der Waals surface area contributed by atoms with E-state index in [1.807, 2.05) is 24.3 Å². The van der Waals surface area contributed by atoms with E-state index in [1.165, 1.54) is 11.1 Å². The van der Waals surface area contributed by atoms with Gasteiger partial charge < -0.3 is 10.4 Å². The van der Waals surface area contributed by atoms with Gasteiger partial charge in [-0.05, 0) is 60.7 Å². The van der Waals surface area contributed by atoms with Crippen LogP contribution < -0.4 is 5.32 Å². The van der Waals surface area contributed by atoms with Crippen molar-refractivity contribution in [2.24, 2.45) is 0 Å². The summed E-state index contributed by atoms with van der Waals surface area (Å²) in [5.41, 5.74) is 3.80. The molecular formula is C17H18ClNO. The van der Waals surface area contributed by atoms with Crippen LogP contribution in [0.3, 0.4) is 0 Å². The van der Waals surface area contributed by atoms with Crippen LogP contribution in [0.15, 0.2) is 42.5 Å². The largest absolute Gasteiger partial charge is 0.508 e. The third-order valence-corrected chi connectivity index (χ3v) is 4.24. The lowest BCUT2D eigenvalue weighted by Crippen LogP contribution is -2.22. The highest BCUT2D eigenvalue weighted by Gasteiger charge is 2.24. The van der Waals surface area contributed by atoms with Gasteiger partial charge in [0.1, 0.15) is 5.75 Å². The maximum absolute atomic E-state index is 9.57. The zero-order valence-corrected chi connectivity index (χ0v) is 12.2. The Balaban J connectivity index is 1.77. The molecule has 3 heteroatoms. The van der Waals surface area contributed by atoms with Gasteiger partial charge in [0.15, 0.2) is 0 Å². The second kappa shape index (κ2) is 5.47. The van der Waals surface area contributed by atoms with Crippen molar-refractivity contribution >= 4 is 11.6 Å². The number of halogens is 1. The van der Waals surface area contributed by atoms with Crippen molar-refractivity contribution in [3.63, 3.8) is 0 Å². The summed E-state index contributed by atoms with van der Waals surface area (Å²) >= 11 is 6.04. The minimum absolute atomic E-state index is 0.203. The number of benzene rings is 2. The molecule has 2 atom stereocenters. The van der Waals surface area contributed by atoms with Crippen LogP contribution in [0.25, 0.3) is 0 Å². The van der Waals surface area contributed by atoms with Crippen LogP contribution in [-0.4, -0.2) is 5.11 Å². The standard InChI is InChI=1S/C17H18ClNO/c1-11(12-3-2-4-15(20)10-12)19-17-8-5-13-9-14(18)6-7-16(13)17/h2-4,6-7,9-11,17,19-20H,5,8H2,1H3. The van der Waals surface area contributed by atoms with Gasteiger partial charge in [-0.3, -0.25) is 0 Å². The van der Waals surface area contributed by atoms with Crippen molar-refractivity contribution in [2.45, 2.75) is 31.8 Å². The number of hydrogen-bond donors (Lipinski definition) is 2. The van der Waals surface area contributed by atoms with Crippen molar-refractivity contribution in [3.05, 3.63) is 64.2 Å². The first-order chi connectivity index (χ1) is 9.63. The predicted octanol–water partition coefficient (Wildman–Crippen LogP) is 4.38. The summed E-state index contributed by atoms with van der Waals surface area (Å²) < 4.78 is 0. The minimum atomic E-state index is 0.203. The second-order valence-corrected chi connectivity index (χ2v) is 5.85. The molecule has 0 aromatic heterocycles. The molecule has 0 amide bonds. The molecule has 0 radical (unpaired) electrons. The summed E-state index contributed by atoms with van der Waals surface area (Å²) in [6, 6.07) is 14.1. The van der Waals surface area contributed by atoms with Gasteiger partial charge in [-0.25, -0.2) is 0 Å². The van der Waals surface area contributed by atoms with Gasteiger partial charge in [-0.1, -0.05) is 29.8 Å². The first-order valence-corrected chi connectivity index (χ1v) is 7.34. The molecule has 0 saturated carbocycles. The summed E-state index contributed by atoms with van der Waals surface area (Å²) in [5, 5.41) is 14.0. The smallest absolute Gasteiger partial charge is 0.115 e. The molecule has 0 fully saturated rings. The van der Waals surface area contributed by atoms with E-state index in [0.717, 1.165) is 23.4 Å². The van der Waals surface area contributed by atoms with Crippen molar-refractivity contribution in [2.75, 3.05) is 0 Å². The number of fused-ring (bicyclic) bond motifs is 1. The van der Waals surface area contributed by atoms with E-state index >= 15 is 0 Å². The molecule has 0 spiro atoms. The fourth-order valence-corrected chi connectivity index (χ4v) is 3.15. The highest BCUT2D eigenvalue weighted by Crippen LogP contribution is 2.34. The number of rotatable bonds is 3. The van der Waals surface area contributed by atoms with E-state index in [-0.39, 0.29) is 6.04 Å². The number of phenolic OH excluding ortho intramolecular Hbond substituents is 1. The van der Waals surface area contributed by atoms with Gasteiger partial charge in [0.2, 0.25) is 0 Å². The van der Waals surface area contributed by atoms with E-state index in [9.17, 15) is 5.11 Å². The summed E-state index contributed by atoms with van der Waals surface area (Å²) in [4.78, 5) is 0. The zero-order valence-electron chi connectivity index (χ0n) is 11.4. The summed E-state index contributed by atoms with van der Waals surface area (Å²) in [5.74, 6) is 0.315. The highest BCUT2D eigenvalue weighted by atomic mass is 35.5. The fourth-order valence-electron chi connectivity index (χ4n) is 2.95. The number of hydrogen-bond acceptors (Lipinski definition) is 2. The van der Waals surface area contributed by atoms with Crippen molar-refractivity contribution in [1.29, 1.82) is 0 Å². The van der Waals surface area contributed by atoms with Crippen molar-refractivity contribution in [3.8, 4) is 5.75 Å². The molecule has 1 aliphatic rings.